The lowest BCUT2D eigenvalue weighted by molar-refractivity contribution is -0.127. The molecular weight excluding hydrogens is 186 g/mol. The molecule has 2 unspecified atom stereocenters. The second-order valence-corrected chi connectivity index (χ2v) is 5.83. The standard InChI is InChI=1S/C13H21NO/c15-12-4-5-13(6-7-13)9-10(12)11-3-1-2-8-14-11/h10-11,14H,1-9H2. The van der Waals surface area contributed by atoms with E-state index in [2.05, 4.69) is 5.32 Å². The summed E-state index contributed by atoms with van der Waals surface area (Å²) >= 11 is 0. The average Bonchev–Trinajstić information content (AvgIpc) is 3.04. The fourth-order valence-electron chi connectivity index (χ4n) is 3.48. The summed E-state index contributed by atoms with van der Waals surface area (Å²) in [4.78, 5) is 12.0. The van der Waals surface area contributed by atoms with Gasteiger partial charge in [0.2, 0.25) is 0 Å². The zero-order chi connectivity index (χ0) is 10.3. The Bertz CT molecular complexity index is 264. The van der Waals surface area contributed by atoms with Crippen molar-refractivity contribution < 1.29 is 4.79 Å². The van der Waals surface area contributed by atoms with Crippen LogP contribution in [0.2, 0.25) is 0 Å². The topological polar surface area (TPSA) is 29.1 Å². The lowest BCUT2D eigenvalue weighted by atomic mass is 9.73. The SMILES string of the molecule is O=C1CCC2(CC2)CC1C1CCCCN1. The van der Waals surface area contributed by atoms with Gasteiger partial charge in [0.05, 0.1) is 0 Å². The summed E-state index contributed by atoms with van der Waals surface area (Å²) in [7, 11) is 0. The number of piperidine rings is 1. The first-order chi connectivity index (χ1) is 7.29. The highest BCUT2D eigenvalue weighted by Gasteiger charge is 2.49. The highest BCUT2D eigenvalue weighted by Crippen LogP contribution is 2.57. The van der Waals surface area contributed by atoms with Crippen molar-refractivity contribution in [1.29, 1.82) is 0 Å². The molecule has 2 atom stereocenters. The lowest BCUT2D eigenvalue weighted by Gasteiger charge is -2.36. The second kappa shape index (κ2) is 3.58. The summed E-state index contributed by atoms with van der Waals surface area (Å²) in [5.74, 6) is 0.911. The number of carbonyl (C=O) groups excluding carboxylic acids is 1. The molecule has 3 aliphatic rings. The minimum absolute atomic E-state index is 0.363. The van der Waals surface area contributed by atoms with E-state index in [1.54, 1.807) is 0 Å². The molecule has 84 valence electrons. The van der Waals surface area contributed by atoms with Gasteiger partial charge in [-0.25, -0.2) is 0 Å². The van der Waals surface area contributed by atoms with Gasteiger partial charge in [-0.1, -0.05) is 6.42 Å². The van der Waals surface area contributed by atoms with Gasteiger partial charge in [-0.05, 0) is 50.5 Å². The highest BCUT2D eigenvalue weighted by molar-refractivity contribution is 5.82. The predicted octanol–water partition coefficient (Wildman–Crippen LogP) is 2.28. The minimum atomic E-state index is 0.363. The number of rotatable bonds is 1. The Hall–Kier alpha value is -0.370. The number of hydrogen-bond donors (Lipinski definition) is 1. The number of nitrogens with one attached hydrogen (secondary N) is 1. The van der Waals surface area contributed by atoms with Crippen LogP contribution in [0.15, 0.2) is 0 Å². The van der Waals surface area contributed by atoms with Crippen molar-refractivity contribution in [3.63, 3.8) is 0 Å². The van der Waals surface area contributed by atoms with Crippen molar-refractivity contribution in [3.8, 4) is 0 Å². The molecule has 1 N–H and O–H groups in total. The van der Waals surface area contributed by atoms with Crippen molar-refractivity contribution in [2.45, 2.75) is 57.4 Å². The summed E-state index contributed by atoms with van der Waals surface area (Å²) in [6.07, 6.45) is 9.87. The van der Waals surface area contributed by atoms with Crippen LogP contribution in [0, 0.1) is 11.3 Å². The second-order valence-electron chi connectivity index (χ2n) is 5.83. The number of ketones is 1. The quantitative estimate of drug-likeness (QED) is 0.714. The van der Waals surface area contributed by atoms with Crippen LogP contribution < -0.4 is 5.32 Å². The Labute approximate surface area is 91.8 Å². The molecule has 2 heteroatoms. The molecule has 1 saturated heterocycles. The van der Waals surface area contributed by atoms with E-state index in [-0.39, 0.29) is 0 Å². The number of hydrogen-bond acceptors (Lipinski definition) is 2. The van der Waals surface area contributed by atoms with Crippen molar-refractivity contribution >= 4 is 5.78 Å². The zero-order valence-corrected chi connectivity index (χ0v) is 9.43. The Morgan fingerprint density at radius 2 is 2.07 bits per heavy atom. The summed E-state index contributed by atoms with van der Waals surface area (Å²) in [5, 5.41) is 3.56. The Balaban J connectivity index is 1.69. The van der Waals surface area contributed by atoms with Gasteiger partial charge < -0.3 is 5.32 Å². The molecule has 1 spiro atoms. The molecule has 0 radical (unpaired) electrons. The first-order valence-electron chi connectivity index (χ1n) is 6.55. The lowest BCUT2D eigenvalue weighted by Crippen LogP contribution is -2.45. The summed E-state index contributed by atoms with van der Waals surface area (Å²) < 4.78 is 0. The van der Waals surface area contributed by atoms with E-state index < -0.39 is 0 Å². The van der Waals surface area contributed by atoms with Crippen molar-refractivity contribution in [2.24, 2.45) is 11.3 Å². The van der Waals surface area contributed by atoms with E-state index in [1.807, 2.05) is 0 Å². The summed E-state index contributed by atoms with van der Waals surface area (Å²) in [6, 6.07) is 0.518. The normalized spacial score (nSPS) is 39.3. The molecule has 2 saturated carbocycles. The third-order valence-corrected chi connectivity index (χ3v) is 4.76. The van der Waals surface area contributed by atoms with Gasteiger partial charge in [0.15, 0.2) is 0 Å². The van der Waals surface area contributed by atoms with Gasteiger partial charge in [-0.3, -0.25) is 4.79 Å². The van der Waals surface area contributed by atoms with Crippen molar-refractivity contribution in [2.75, 3.05) is 6.54 Å². The van der Waals surface area contributed by atoms with E-state index >= 15 is 0 Å². The van der Waals surface area contributed by atoms with Gasteiger partial charge in [0.1, 0.15) is 5.78 Å². The molecule has 0 aromatic heterocycles. The van der Waals surface area contributed by atoms with Crippen LogP contribution >= 0.6 is 0 Å². The molecular formula is C13H21NO. The minimum Gasteiger partial charge on any atom is -0.313 e. The Kier molecular flexibility index (Phi) is 2.35. The maximum Gasteiger partial charge on any atom is 0.137 e. The first-order valence-corrected chi connectivity index (χ1v) is 6.55. The molecule has 0 aromatic carbocycles. The predicted molar refractivity (Wildman–Crippen MR) is 59.7 cm³/mol. The van der Waals surface area contributed by atoms with Gasteiger partial charge in [-0.2, -0.15) is 0 Å². The summed E-state index contributed by atoms with van der Waals surface area (Å²) in [6.45, 7) is 1.13. The van der Waals surface area contributed by atoms with Crippen LogP contribution in [0.3, 0.4) is 0 Å². The molecule has 3 rings (SSSR count). The largest absolute Gasteiger partial charge is 0.313 e. The van der Waals surface area contributed by atoms with E-state index in [1.165, 1.54) is 44.9 Å². The molecule has 1 heterocycles. The monoisotopic (exact) mass is 207 g/mol. The Morgan fingerprint density at radius 1 is 1.20 bits per heavy atom. The third-order valence-electron chi connectivity index (χ3n) is 4.76. The van der Waals surface area contributed by atoms with Gasteiger partial charge in [0, 0.05) is 18.4 Å². The Morgan fingerprint density at radius 3 is 2.73 bits per heavy atom. The molecule has 0 aromatic rings. The smallest absolute Gasteiger partial charge is 0.137 e. The van der Waals surface area contributed by atoms with E-state index in [0.717, 1.165) is 13.0 Å². The van der Waals surface area contributed by atoms with Crippen LogP contribution in [0.1, 0.15) is 51.4 Å². The van der Waals surface area contributed by atoms with Gasteiger partial charge >= 0.3 is 0 Å². The van der Waals surface area contributed by atoms with Crippen LogP contribution in [0.25, 0.3) is 0 Å². The maximum atomic E-state index is 12.0. The van der Waals surface area contributed by atoms with Crippen LogP contribution in [-0.4, -0.2) is 18.4 Å². The first kappa shape index (κ1) is 9.83. The van der Waals surface area contributed by atoms with Gasteiger partial charge in [0.25, 0.3) is 0 Å². The zero-order valence-electron chi connectivity index (χ0n) is 9.43. The molecule has 15 heavy (non-hydrogen) atoms. The third kappa shape index (κ3) is 1.84. The molecule has 1 aliphatic heterocycles. The molecule has 2 nitrogen and oxygen atoms in total. The molecule has 2 aliphatic carbocycles. The number of Topliss-reactive ketones (excluding diaryl/α,β-unsaturated/α-hetero) is 1. The van der Waals surface area contributed by atoms with Crippen LogP contribution in [0.4, 0.5) is 0 Å². The number of carbonyl (C=O) groups is 1. The van der Waals surface area contributed by atoms with Crippen LogP contribution in [-0.2, 0) is 4.79 Å². The maximum absolute atomic E-state index is 12.0. The fraction of sp³-hybridized carbons (Fsp3) is 0.923. The van der Waals surface area contributed by atoms with Crippen molar-refractivity contribution in [3.05, 3.63) is 0 Å². The molecule has 3 fully saturated rings. The van der Waals surface area contributed by atoms with E-state index in [4.69, 9.17) is 0 Å². The van der Waals surface area contributed by atoms with Crippen LogP contribution in [0.5, 0.6) is 0 Å². The van der Waals surface area contributed by atoms with Crippen molar-refractivity contribution in [1.82, 2.24) is 5.32 Å². The van der Waals surface area contributed by atoms with E-state index in [9.17, 15) is 4.79 Å². The van der Waals surface area contributed by atoms with Gasteiger partial charge in [-0.15, -0.1) is 0 Å². The average molecular weight is 207 g/mol. The fourth-order valence-corrected chi connectivity index (χ4v) is 3.48. The molecule has 0 bridgehead atoms. The highest BCUT2D eigenvalue weighted by atomic mass is 16.1. The molecule has 0 amide bonds. The summed E-state index contributed by atoms with van der Waals surface area (Å²) in [5.41, 5.74) is 0.623. The van der Waals surface area contributed by atoms with E-state index in [0.29, 0.717) is 23.2 Å².